The van der Waals surface area contributed by atoms with E-state index in [1.54, 1.807) is 0 Å². The van der Waals surface area contributed by atoms with E-state index in [0.717, 1.165) is 63.6 Å². The van der Waals surface area contributed by atoms with E-state index in [0.29, 0.717) is 6.04 Å². The second-order valence-corrected chi connectivity index (χ2v) is 8.34. The Morgan fingerprint density at radius 1 is 1.19 bits per heavy atom. The Bertz CT molecular complexity index is 986. The summed E-state index contributed by atoms with van der Waals surface area (Å²) < 4.78 is 0. The van der Waals surface area contributed by atoms with Gasteiger partial charge in [-0.2, -0.15) is 0 Å². The van der Waals surface area contributed by atoms with Gasteiger partial charge in [0.15, 0.2) is 5.96 Å². The first-order valence-electron chi connectivity index (χ1n) is 11.5. The fraction of sp³-hybridized carbons (Fsp3) is 0.440. The van der Waals surface area contributed by atoms with Crippen molar-refractivity contribution < 1.29 is 0 Å². The SMILES string of the molecule is CCNC(=NCCc1c[nH]c2c(C)cccc12)NC1CCN(Cc2ccccn2)CC1. The molecule has 3 aromatic rings. The van der Waals surface area contributed by atoms with Gasteiger partial charge >= 0.3 is 0 Å². The van der Waals surface area contributed by atoms with E-state index in [9.17, 15) is 0 Å². The van der Waals surface area contributed by atoms with E-state index in [1.807, 2.05) is 12.3 Å². The molecule has 0 radical (unpaired) electrons. The summed E-state index contributed by atoms with van der Waals surface area (Å²) in [5.74, 6) is 0.932. The molecule has 6 heteroatoms. The highest BCUT2D eigenvalue weighted by Gasteiger charge is 2.20. The van der Waals surface area contributed by atoms with Crippen molar-refractivity contribution in [3.05, 3.63) is 65.6 Å². The number of para-hydroxylation sites is 1. The van der Waals surface area contributed by atoms with Gasteiger partial charge in [0.05, 0.1) is 5.69 Å². The summed E-state index contributed by atoms with van der Waals surface area (Å²) in [6, 6.07) is 13.1. The summed E-state index contributed by atoms with van der Waals surface area (Å²) in [7, 11) is 0. The number of nitrogens with one attached hydrogen (secondary N) is 3. The number of likely N-dealkylation sites (tertiary alicyclic amines) is 1. The summed E-state index contributed by atoms with van der Waals surface area (Å²) >= 11 is 0. The molecule has 164 valence electrons. The lowest BCUT2D eigenvalue weighted by atomic mass is 10.0. The highest BCUT2D eigenvalue weighted by molar-refractivity contribution is 5.86. The van der Waals surface area contributed by atoms with E-state index in [2.05, 4.69) is 75.9 Å². The Hall–Kier alpha value is -2.86. The van der Waals surface area contributed by atoms with Crippen molar-refractivity contribution in [1.29, 1.82) is 0 Å². The first-order valence-corrected chi connectivity index (χ1v) is 11.5. The third kappa shape index (κ3) is 5.64. The van der Waals surface area contributed by atoms with Crippen LogP contribution in [0.25, 0.3) is 10.9 Å². The van der Waals surface area contributed by atoms with Crippen molar-refractivity contribution in [1.82, 2.24) is 25.5 Å². The van der Waals surface area contributed by atoms with Crippen molar-refractivity contribution >= 4 is 16.9 Å². The Morgan fingerprint density at radius 2 is 2.06 bits per heavy atom. The standard InChI is InChI=1S/C25H34N6/c1-3-26-25(28-14-10-20-17-29-24-19(2)7-6-9-23(20)24)30-21-11-15-31(16-12-21)18-22-8-4-5-13-27-22/h4-9,13,17,21,29H,3,10-12,14-16,18H2,1-2H3,(H2,26,28,30). The van der Waals surface area contributed by atoms with Crippen LogP contribution < -0.4 is 10.6 Å². The first kappa shape index (κ1) is 21.4. The number of rotatable bonds is 7. The highest BCUT2D eigenvalue weighted by Crippen LogP contribution is 2.21. The molecule has 3 heterocycles. The maximum atomic E-state index is 4.86. The van der Waals surface area contributed by atoms with E-state index in [-0.39, 0.29) is 0 Å². The van der Waals surface area contributed by atoms with Crippen LogP contribution in [0.3, 0.4) is 0 Å². The molecule has 1 aliphatic heterocycles. The first-order chi connectivity index (χ1) is 15.2. The molecule has 0 amide bonds. The number of fused-ring (bicyclic) bond motifs is 1. The molecular formula is C25H34N6. The number of piperidine rings is 1. The Morgan fingerprint density at radius 3 is 2.84 bits per heavy atom. The van der Waals surface area contributed by atoms with Crippen molar-refractivity contribution in [2.24, 2.45) is 4.99 Å². The number of aromatic amines is 1. The van der Waals surface area contributed by atoms with Gasteiger partial charge in [0.25, 0.3) is 0 Å². The number of H-pyrrole nitrogens is 1. The molecule has 0 bridgehead atoms. The molecule has 1 saturated heterocycles. The molecule has 0 spiro atoms. The molecule has 31 heavy (non-hydrogen) atoms. The number of aliphatic imine (C=N–C) groups is 1. The molecule has 4 rings (SSSR count). The zero-order chi connectivity index (χ0) is 21.5. The zero-order valence-electron chi connectivity index (χ0n) is 18.7. The molecule has 1 aromatic carbocycles. The monoisotopic (exact) mass is 418 g/mol. The van der Waals surface area contributed by atoms with Crippen LogP contribution in [0, 0.1) is 6.92 Å². The number of hydrogen-bond donors (Lipinski definition) is 3. The predicted octanol–water partition coefficient (Wildman–Crippen LogP) is 3.63. The second kappa shape index (κ2) is 10.4. The summed E-state index contributed by atoms with van der Waals surface area (Å²) in [4.78, 5) is 15.2. The van der Waals surface area contributed by atoms with Crippen molar-refractivity contribution in [3.8, 4) is 0 Å². The van der Waals surface area contributed by atoms with Crippen LogP contribution in [0.5, 0.6) is 0 Å². The number of nitrogens with zero attached hydrogens (tertiary/aromatic N) is 3. The number of benzene rings is 1. The lowest BCUT2D eigenvalue weighted by molar-refractivity contribution is 0.196. The highest BCUT2D eigenvalue weighted by atomic mass is 15.2. The van der Waals surface area contributed by atoms with E-state index >= 15 is 0 Å². The Labute approximate surface area is 185 Å². The van der Waals surface area contributed by atoms with Gasteiger partial charge in [-0.15, -0.1) is 0 Å². The summed E-state index contributed by atoms with van der Waals surface area (Å²) in [6.45, 7) is 9.02. The third-order valence-corrected chi connectivity index (χ3v) is 6.04. The number of aromatic nitrogens is 2. The largest absolute Gasteiger partial charge is 0.361 e. The summed E-state index contributed by atoms with van der Waals surface area (Å²) in [5.41, 5.74) is 5.01. The number of aryl methyl sites for hydroxylation is 1. The normalized spacial score (nSPS) is 16.0. The van der Waals surface area contributed by atoms with E-state index in [4.69, 9.17) is 4.99 Å². The van der Waals surface area contributed by atoms with Crippen LogP contribution in [-0.4, -0.2) is 53.0 Å². The lowest BCUT2D eigenvalue weighted by Crippen LogP contribution is -2.48. The number of guanidine groups is 1. The van der Waals surface area contributed by atoms with Gasteiger partial charge in [0, 0.05) is 62.1 Å². The van der Waals surface area contributed by atoms with Crippen molar-refractivity contribution in [2.45, 2.75) is 45.7 Å². The van der Waals surface area contributed by atoms with Gasteiger partial charge in [-0.3, -0.25) is 14.9 Å². The van der Waals surface area contributed by atoms with Gasteiger partial charge in [-0.25, -0.2) is 0 Å². The molecule has 1 fully saturated rings. The maximum Gasteiger partial charge on any atom is 0.191 e. The topological polar surface area (TPSA) is 68.3 Å². The third-order valence-electron chi connectivity index (χ3n) is 6.04. The molecule has 6 nitrogen and oxygen atoms in total. The minimum Gasteiger partial charge on any atom is -0.361 e. The van der Waals surface area contributed by atoms with E-state index < -0.39 is 0 Å². The zero-order valence-corrected chi connectivity index (χ0v) is 18.7. The molecule has 3 N–H and O–H groups in total. The quantitative estimate of drug-likeness (QED) is 0.405. The van der Waals surface area contributed by atoms with Gasteiger partial charge in [-0.1, -0.05) is 24.3 Å². The van der Waals surface area contributed by atoms with Gasteiger partial charge in [-0.05, 0) is 56.4 Å². The predicted molar refractivity (Wildman–Crippen MR) is 128 cm³/mol. The van der Waals surface area contributed by atoms with Gasteiger partial charge in [0.2, 0.25) is 0 Å². The minimum absolute atomic E-state index is 0.466. The molecule has 0 saturated carbocycles. The second-order valence-electron chi connectivity index (χ2n) is 8.34. The molecule has 1 aliphatic rings. The number of pyridine rings is 1. The Balaban J connectivity index is 1.28. The number of hydrogen-bond acceptors (Lipinski definition) is 3. The smallest absolute Gasteiger partial charge is 0.191 e. The van der Waals surface area contributed by atoms with Crippen LogP contribution in [0.15, 0.2) is 53.8 Å². The van der Waals surface area contributed by atoms with Crippen LogP contribution in [-0.2, 0) is 13.0 Å². The lowest BCUT2D eigenvalue weighted by Gasteiger charge is -2.32. The van der Waals surface area contributed by atoms with Crippen LogP contribution in [0.4, 0.5) is 0 Å². The molecule has 0 aliphatic carbocycles. The van der Waals surface area contributed by atoms with Crippen LogP contribution in [0.2, 0.25) is 0 Å². The van der Waals surface area contributed by atoms with Gasteiger partial charge in [0.1, 0.15) is 0 Å². The molecular weight excluding hydrogens is 384 g/mol. The fourth-order valence-electron chi connectivity index (χ4n) is 4.33. The average molecular weight is 419 g/mol. The van der Waals surface area contributed by atoms with Crippen molar-refractivity contribution in [2.75, 3.05) is 26.2 Å². The summed E-state index contributed by atoms with van der Waals surface area (Å²) in [5, 5.41) is 8.38. The van der Waals surface area contributed by atoms with E-state index in [1.165, 1.54) is 22.0 Å². The minimum atomic E-state index is 0.466. The fourth-order valence-corrected chi connectivity index (χ4v) is 4.33. The maximum absolute atomic E-state index is 4.86. The summed E-state index contributed by atoms with van der Waals surface area (Å²) in [6.07, 6.45) is 7.19. The molecule has 0 unspecified atom stereocenters. The van der Waals surface area contributed by atoms with Crippen LogP contribution in [0.1, 0.15) is 36.6 Å². The average Bonchev–Trinajstić information content (AvgIpc) is 3.20. The van der Waals surface area contributed by atoms with Crippen LogP contribution >= 0.6 is 0 Å². The molecule has 0 atom stereocenters. The van der Waals surface area contributed by atoms with Gasteiger partial charge < -0.3 is 15.6 Å². The Kier molecular flexibility index (Phi) is 7.20. The molecule has 2 aromatic heterocycles. The van der Waals surface area contributed by atoms with Crippen molar-refractivity contribution in [3.63, 3.8) is 0 Å².